The van der Waals surface area contributed by atoms with Gasteiger partial charge in [-0.1, -0.05) is 19.9 Å². The fourth-order valence-corrected chi connectivity index (χ4v) is 2.26. The highest BCUT2D eigenvalue weighted by Crippen LogP contribution is 2.48. The summed E-state index contributed by atoms with van der Waals surface area (Å²) in [5, 5.41) is 7.70. The van der Waals surface area contributed by atoms with Gasteiger partial charge < -0.3 is 5.32 Å². The summed E-state index contributed by atoms with van der Waals surface area (Å²) in [6.45, 7) is 8.02. The largest absolute Gasteiger partial charge is 0.312 e. The number of hydrogen-bond acceptors (Lipinski definition) is 2. The van der Waals surface area contributed by atoms with E-state index >= 15 is 0 Å². The molecule has 0 unspecified atom stereocenters. The van der Waals surface area contributed by atoms with E-state index < -0.39 is 0 Å². The molecule has 0 saturated heterocycles. The zero-order valence-corrected chi connectivity index (χ0v) is 10.1. The third-order valence-electron chi connectivity index (χ3n) is 3.41. The predicted molar refractivity (Wildman–Crippen MR) is 66.9 cm³/mol. The van der Waals surface area contributed by atoms with E-state index in [2.05, 4.69) is 23.9 Å². The lowest BCUT2D eigenvalue weighted by Gasteiger charge is -2.14. The molecular weight excluding hydrogens is 198 g/mol. The van der Waals surface area contributed by atoms with Crippen molar-refractivity contribution in [2.24, 2.45) is 5.41 Å². The molecule has 0 radical (unpaired) electrons. The summed E-state index contributed by atoms with van der Waals surface area (Å²) in [7, 11) is 0. The molecule has 3 nitrogen and oxygen atoms in total. The van der Waals surface area contributed by atoms with Crippen LogP contribution >= 0.6 is 0 Å². The van der Waals surface area contributed by atoms with Crippen LogP contribution in [0.15, 0.2) is 19.0 Å². The first-order chi connectivity index (χ1) is 7.78. The van der Waals surface area contributed by atoms with Crippen molar-refractivity contribution in [2.45, 2.75) is 39.2 Å². The van der Waals surface area contributed by atoms with E-state index in [0.29, 0.717) is 5.41 Å². The Morgan fingerprint density at radius 2 is 2.44 bits per heavy atom. The van der Waals surface area contributed by atoms with Crippen molar-refractivity contribution < 1.29 is 0 Å². The molecule has 1 aliphatic rings. The van der Waals surface area contributed by atoms with Gasteiger partial charge in [0.2, 0.25) is 0 Å². The monoisotopic (exact) mass is 219 g/mol. The topological polar surface area (TPSA) is 29.9 Å². The highest BCUT2D eigenvalue weighted by molar-refractivity contribution is 5.17. The lowest BCUT2D eigenvalue weighted by Crippen LogP contribution is -2.23. The first-order valence-electron chi connectivity index (χ1n) is 6.14. The highest BCUT2D eigenvalue weighted by atomic mass is 15.2. The van der Waals surface area contributed by atoms with Gasteiger partial charge in [0.1, 0.15) is 0 Å². The molecular formula is C13H21N3. The van der Waals surface area contributed by atoms with Crippen molar-refractivity contribution in [2.75, 3.05) is 6.54 Å². The van der Waals surface area contributed by atoms with Crippen LogP contribution in [0.3, 0.4) is 0 Å². The van der Waals surface area contributed by atoms with Gasteiger partial charge in [-0.05, 0) is 24.7 Å². The standard InChI is InChI=1S/C13H21N3/c1-3-5-13(6-7-13)11-14-8-12-9-15-16(4-2)10-12/h4,9-10,14H,2-3,5-8,11H2,1H3. The number of rotatable bonds is 7. The third-order valence-corrected chi connectivity index (χ3v) is 3.41. The number of hydrogen-bond donors (Lipinski definition) is 1. The van der Waals surface area contributed by atoms with Gasteiger partial charge in [0.25, 0.3) is 0 Å². The second kappa shape index (κ2) is 4.83. The highest BCUT2D eigenvalue weighted by Gasteiger charge is 2.40. The minimum absolute atomic E-state index is 0.628. The summed E-state index contributed by atoms with van der Waals surface area (Å²) in [4.78, 5) is 0. The van der Waals surface area contributed by atoms with E-state index in [1.54, 1.807) is 10.9 Å². The van der Waals surface area contributed by atoms with Crippen molar-refractivity contribution in [3.05, 3.63) is 24.5 Å². The first kappa shape index (κ1) is 11.4. The number of aromatic nitrogens is 2. The molecule has 0 amide bonds. The summed E-state index contributed by atoms with van der Waals surface area (Å²) in [5.74, 6) is 0. The maximum absolute atomic E-state index is 4.16. The van der Waals surface area contributed by atoms with E-state index in [9.17, 15) is 0 Å². The summed E-state index contributed by atoms with van der Waals surface area (Å²) < 4.78 is 1.75. The Morgan fingerprint density at radius 3 is 3.00 bits per heavy atom. The van der Waals surface area contributed by atoms with Crippen molar-refractivity contribution in [1.82, 2.24) is 15.1 Å². The van der Waals surface area contributed by atoms with Crippen molar-refractivity contribution >= 4 is 6.20 Å². The molecule has 0 bridgehead atoms. The molecule has 1 aromatic rings. The number of nitrogens with one attached hydrogen (secondary N) is 1. The fraction of sp³-hybridized carbons (Fsp3) is 0.615. The smallest absolute Gasteiger partial charge is 0.0538 e. The molecule has 1 aromatic heterocycles. The Morgan fingerprint density at radius 1 is 1.62 bits per heavy atom. The second-order valence-corrected chi connectivity index (χ2v) is 4.86. The fourth-order valence-electron chi connectivity index (χ4n) is 2.26. The molecule has 1 heterocycles. The van der Waals surface area contributed by atoms with Gasteiger partial charge in [0, 0.05) is 31.0 Å². The van der Waals surface area contributed by atoms with Crippen LogP contribution in [-0.2, 0) is 6.54 Å². The Hall–Kier alpha value is -1.09. The summed E-state index contributed by atoms with van der Waals surface area (Å²) in [6.07, 6.45) is 11.1. The van der Waals surface area contributed by atoms with E-state index in [-0.39, 0.29) is 0 Å². The van der Waals surface area contributed by atoms with Gasteiger partial charge in [0.15, 0.2) is 0 Å². The van der Waals surface area contributed by atoms with Gasteiger partial charge in [0.05, 0.1) is 6.20 Å². The molecule has 16 heavy (non-hydrogen) atoms. The van der Waals surface area contributed by atoms with E-state index in [4.69, 9.17) is 0 Å². The molecule has 88 valence electrons. The average Bonchev–Trinajstić information content (AvgIpc) is 2.89. The molecule has 2 rings (SSSR count). The molecule has 1 N–H and O–H groups in total. The van der Waals surface area contributed by atoms with Gasteiger partial charge in [-0.25, -0.2) is 4.68 Å². The summed E-state index contributed by atoms with van der Waals surface area (Å²) in [6, 6.07) is 0. The Balaban J connectivity index is 1.73. The van der Waals surface area contributed by atoms with Crippen molar-refractivity contribution in [3.8, 4) is 0 Å². The van der Waals surface area contributed by atoms with E-state index in [1.165, 1.54) is 31.2 Å². The molecule has 0 aliphatic heterocycles. The first-order valence-corrected chi connectivity index (χ1v) is 6.14. The van der Waals surface area contributed by atoms with Gasteiger partial charge in [-0.3, -0.25) is 0 Å². The average molecular weight is 219 g/mol. The third kappa shape index (κ3) is 2.73. The second-order valence-electron chi connectivity index (χ2n) is 4.86. The van der Waals surface area contributed by atoms with Crippen molar-refractivity contribution in [3.63, 3.8) is 0 Å². The van der Waals surface area contributed by atoms with Crippen molar-refractivity contribution in [1.29, 1.82) is 0 Å². The molecule has 0 aromatic carbocycles. The maximum Gasteiger partial charge on any atom is 0.0538 e. The maximum atomic E-state index is 4.16. The summed E-state index contributed by atoms with van der Waals surface area (Å²) in [5.41, 5.74) is 1.86. The van der Waals surface area contributed by atoms with Gasteiger partial charge in [-0.2, -0.15) is 5.10 Å². The van der Waals surface area contributed by atoms with E-state index in [0.717, 1.165) is 13.1 Å². The Bertz CT molecular complexity index is 350. The lowest BCUT2D eigenvalue weighted by molar-refractivity contribution is 0.421. The molecule has 0 atom stereocenters. The quantitative estimate of drug-likeness (QED) is 0.764. The van der Waals surface area contributed by atoms with Crippen LogP contribution < -0.4 is 5.32 Å². The van der Waals surface area contributed by atoms with Crippen LogP contribution in [0.5, 0.6) is 0 Å². The Kier molecular flexibility index (Phi) is 3.44. The zero-order chi connectivity index (χ0) is 11.4. The van der Waals surface area contributed by atoms with Gasteiger partial charge in [-0.15, -0.1) is 0 Å². The minimum atomic E-state index is 0.628. The van der Waals surface area contributed by atoms with E-state index in [1.807, 2.05) is 12.4 Å². The van der Waals surface area contributed by atoms with Crippen LogP contribution in [-0.4, -0.2) is 16.3 Å². The summed E-state index contributed by atoms with van der Waals surface area (Å²) >= 11 is 0. The normalized spacial score (nSPS) is 17.3. The predicted octanol–water partition coefficient (Wildman–Crippen LogP) is 2.65. The molecule has 1 fully saturated rings. The molecule has 3 heteroatoms. The van der Waals surface area contributed by atoms with Gasteiger partial charge >= 0.3 is 0 Å². The lowest BCUT2D eigenvalue weighted by atomic mass is 10.0. The van der Waals surface area contributed by atoms with Crippen LogP contribution in [0.4, 0.5) is 0 Å². The van der Waals surface area contributed by atoms with Crippen LogP contribution in [0.25, 0.3) is 6.20 Å². The van der Waals surface area contributed by atoms with Crippen LogP contribution in [0, 0.1) is 5.41 Å². The number of nitrogens with zero attached hydrogens (tertiary/aromatic N) is 2. The zero-order valence-electron chi connectivity index (χ0n) is 10.1. The minimum Gasteiger partial charge on any atom is -0.312 e. The molecule has 0 spiro atoms. The SMILES string of the molecule is C=Cn1cc(CNCC2(CCC)CC2)cn1. The van der Waals surface area contributed by atoms with Crippen LogP contribution in [0.1, 0.15) is 38.2 Å². The Labute approximate surface area is 97.5 Å². The molecule has 1 saturated carbocycles. The van der Waals surface area contributed by atoms with Crippen LogP contribution in [0.2, 0.25) is 0 Å². The molecule has 1 aliphatic carbocycles.